The summed E-state index contributed by atoms with van der Waals surface area (Å²) >= 11 is 0. The summed E-state index contributed by atoms with van der Waals surface area (Å²) in [6, 6.07) is 15.1. The van der Waals surface area contributed by atoms with Crippen molar-refractivity contribution < 1.29 is 14.3 Å². The van der Waals surface area contributed by atoms with E-state index in [-0.39, 0.29) is 5.91 Å². The van der Waals surface area contributed by atoms with Crippen molar-refractivity contribution in [2.45, 2.75) is 39.7 Å². The largest absolute Gasteiger partial charge is 0.494 e. The number of hydrogen-bond donors (Lipinski definition) is 1. The van der Waals surface area contributed by atoms with E-state index in [1.165, 1.54) is 0 Å². The Morgan fingerprint density at radius 3 is 2.33 bits per heavy atom. The first-order chi connectivity index (χ1) is 11.5. The van der Waals surface area contributed by atoms with Crippen LogP contribution in [0.4, 0.5) is 5.69 Å². The van der Waals surface area contributed by atoms with Gasteiger partial charge in [-0.25, -0.2) is 0 Å². The highest BCUT2D eigenvalue weighted by Gasteiger charge is 2.17. The summed E-state index contributed by atoms with van der Waals surface area (Å²) < 4.78 is 11.3. The van der Waals surface area contributed by atoms with Gasteiger partial charge < -0.3 is 14.8 Å². The lowest BCUT2D eigenvalue weighted by atomic mass is 10.0. The molecule has 2 aromatic carbocycles. The minimum Gasteiger partial charge on any atom is -0.494 e. The second kappa shape index (κ2) is 8.39. The van der Waals surface area contributed by atoms with Crippen LogP contribution in [0, 0.1) is 0 Å². The molecule has 1 N–H and O–H groups in total. The lowest BCUT2D eigenvalue weighted by Crippen LogP contribution is -2.30. The molecule has 4 heteroatoms. The number of carbonyl (C=O) groups excluding carboxylic acids is 1. The maximum atomic E-state index is 12.3. The van der Waals surface area contributed by atoms with Crippen LogP contribution in [-0.4, -0.2) is 18.6 Å². The minimum absolute atomic E-state index is 0.183. The monoisotopic (exact) mass is 327 g/mol. The van der Waals surface area contributed by atoms with Crippen molar-refractivity contribution in [3.05, 3.63) is 54.1 Å². The second-order valence-electron chi connectivity index (χ2n) is 5.90. The SMILES string of the molecule is CCOc1ccc(NC(=O)[C@H](C)Oc2ccccc2C(C)C)cc1. The van der Waals surface area contributed by atoms with Gasteiger partial charge in [-0.1, -0.05) is 32.0 Å². The number of para-hydroxylation sites is 1. The van der Waals surface area contributed by atoms with Gasteiger partial charge in [-0.15, -0.1) is 0 Å². The summed E-state index contributed by atoms with van der Waals surface area (Å²) in [6.07, 6.45) is -0.587. The van der Waals surface area contributed by atoms with Gasteiger partial charge in [0.2, 0.25) is 0 Å². The van der Waals surface area contributed by atoms with E-state index < -0.39 is 6.10 Å². The standard InChI is InChI=1S/C20H25NO3/c1-5-23-17-12-10-16(11-13-17)21-20(22)15(4)24-19-9-7-6-8-18(19)14(2)3/h6-15H,5H2,1-4H3,(H,21,22)/t15-/m0/s1. The van der Waals surface area contributed by atoms with Crippen molar-refractivity contribution >= 4 is 11.6 Å². The molecule has 0 aliphatic carbocycles. The highest BCUT2D eigenvalue weighted by molar-refractivity contribution is 5.94. The molecule has 0 aliphatic heterocycles. The predicted octanol–water partition coefficient (Wildman–Crippen LogP) is 4.61. The third kappa shape index (κ3) is 4.75. The van der Waals surface area contributed by atoms with Crippen LogP contribution in [0.5, 0.6) is 11.5 Å². The first-order valence-electron chi connectivity index (χ1n) is 8.30. The Morgan fingerprint density at radius 1 is 1.04 bits per heavy atom. The summed E-state index contributed by atoms with van der Waals surface area (Å²) in [5, 5.41) is 2.86. The van der Waals surface area contributed by atoms with Gasteiger partial charge in [-0.05, 0) is 55.7 Å². The zero-order chi connectivity index (χ0) is 17.5. The summed E-state index contributed by atoms with van der Waals surface area (Å²) in [5.74, 6) is 1.69. The van der Waals surface area contributed by atoms with Crippen molar-refractivity contribution in [2.75, 3.05) is 11.9 Å². The first-order valence-corrected chi connectivity index (χ1v) is 8.30. The van der Waals surface area contributed by atoms with Gasteiger partial charge in [0.15, 0.2) is 6.10 Å². The third-order valence-electron chi connectivity index (χ3n) is 3.65. The Balaban J connectivity index is 2.00. The highest BCUT2D eigenvalue weighted by Crippen LogP contribution is 2.27. The maximum Gasteiger partial charge on any atom is 0.265 e. The quantitative estimate of drug-likeness (QED) is 0.807. The molecule has 24 heavy (non-hydrogen) atoms. The van der Waals surface area contributed by atoms with E-state index in [1.807, 2.05) is 55.5 Å². The van der Waals surface area contributed by atoms with Crippen molar-refractivity contribution in [1.82, 2.24) is 0 Å². The van der Waals surface area contributed by atoms with Gasteiger partial charge in [0.05, 0.1) is 6.61 Å². The first kappa shape index (κ1) is 17.9. The van der Waals surface area contributed by atoms with Gasteiger partial charge in [-0.3, -0.25) is 4.79 Å². The zero-order valence-corrected chi connectivity index (χ0v) is 14.7. The van der Waals surface area contributed by atoms with Gasteiger partial charge in [0, 0.05) is 5.69 Å². The molecule has 1 atom stereocenters. The van der Waals surface area contributed by atoms with Gasteiger partial charge >= 0.3 is 0 Å². The van der Waals surface area contributed by atoms with Crippen molar-refractivity contribution in [3.8, 4) is 11.5 Å². The molecule has 0 spiro atoms. The molecular formula is C20H25NO3. The van der Waals surface area contributed by atoms with E-state index in [9.17, 15) is 4.79 Å². The van der Waals surface area contributed by atoms with Crippen LogP contribution in [0.1, 0.15) is 39.2 Å². The molecular weight excluding hydrogens is 302 g/mol. The Hall–Kier alpha value is -2.49. The average molecular weight is 327 g/mol. The molecule has 1 amide bonds. The molecule has 0 radical (unpaired) electrons. The van der Waals surface area contributed by atoms with Crippen LogP contribution in [0.25, 0.3) is 0 Å². The molecule has 0 saturated heterocycles. The van der Waals surface area contributed by atoms with E-state index in [2.05, 4.69) is 19.2 Å². The zero-order valence-electron chi connectivity index (χ0n) is 14.7. The van der Waals surface area contributed by atoms with Crippen LogP contribution >= 0.6 is 0 Å². The highest BCUT2D eigenvalue weighted by atomic mass is 16.5. The summed E-state index contributed by atoms with van der Waals surface area (Å²) in [7, 11) is 0. The number of hydrogen-bond acceptors (Lipinski definition) is 3. The fourth-order valence-corrected chi connectivity index (χ4v) is 2.35. The fourth-order valence-electron chi connectivity index (χ4n) is 2.35. The van der Waals surface area contributed by atoms with E-state index in [1.54, 1.807) is 6.92 Å². The smallest absolute Gasteiger partial charge is 0.265 e. The average Bonchev–Trinajstić information content (AvgIpc) is 2.57. The molecule has 0 bridgehead atoms. The van der Waals surface area contributed by atoms with Crippen LogP contribution in [0.15, 0.2) is 48.5 Å². The van der Waals surface area contributed by atoms with Crippen LogP contribution < -0.4 is 14.8 Å². The molecule has 2 aromatic rings. The van der Waals surface area contributed by atoms with Crippen molar-refractivity contribution in [2.24, 2.45) is 0 Å². The number of amides is 1. The van der Waals surface area contributed by atoms with E-state index in [0.717, 1.165) is 22.7 Å². The van der Waals surface area contributed by atoms with Crippen LogP contribution in [0.3, 0.4) is 0 Å². The maximum absolute atomic E-state index is 12.3. The summed E-state index contributed by atoms with van der Waals surface area (Å²) in [5.41, 5.74) is 1.81. The molecule has 0 unspecified atom stereocenters. The molecule has 0 heterocycles. The number of carbonyl (C=O) groups is 1. The third-order valence-corrected chi connectivity index (χ3v) is 3.65. The molecule has 0 saturated carbocycles. The van der Waals surface area contributed by atoms with Gasteiger partial charge in [-0.2, -0.15) is 0 Å². The lowest BCUT2D eigenvalue weighted by molar-refractivity contribution is -0.122. The van der Waals surface area contributed by atoms with E-state index in [0.29, 0.717) is 12.5 Å². The Kier molecular flexibility index (Phi) is 6.24. The van der Waals surface area contributed by atoms with Gasteiger partial charge in [0.1, 0.15) is 11.5 Å². The molecule has 4 nitrogen and oxygen atoms in total. The van der Waals surface area contributed by atoms with Crippen LogP contribution in [0.2, 0.25) is 0 Å². The van der Waals surface area contributed by atoms with E-state index >= 15 is 0 Å². The molecule has 0 aromatic heterocycles. The molecule has 0 fully saturated rings. The Labute approximate surface area is 143 Å². The fraction of sp³-hybridized carbons (Fsp3) is 0.350. The number of anilines is 1. The molecule has 0 aliphatic rings. The normalized spacial score (nSPS) is 11.9. The minimum atomic E-state index is -0.587. The number of ether oxygens (including phenoxy) is 2. The molecule has 128 valence electrons. The van der Waals surface area contributed by atoms with Crippen LogP contribution in [-0.2, 0) is 4.79 Å². The second-order valence-corrected chi connectivity index (χ2v) is 5.90. The number of rotatable bonds is 7. The number of nitrogens with one attached hydrogen (secondary N) is 1. The van der Waals surface area contributed by atoms with E-state index in [4.69, 9.17) is 9.47 Å². The Morgan fingerprint density at radius 2 is 1.71 bits per heavy atom. The summed E-state index contributed by atoms with van der Waals surface area (Å²) in [4.78, 5) is 12.3. The van der Waals surface area contributed by atoms with Gasteiger partial charge in [0.25, 0.3) is 5.91 Å². The predicted molar refractivity (Wildman–Crippen MR) is 96.9 cm³/mol. The summed E-state index contributed by atoms with van der Waals surface area (Å²) in [6.45, 7) is 8.51. The number of benzene rings is 2. The lowest BCUT2D eigenvalue weighted by Gasteiger charge is -2.18. The van der Waals surface area contributed by atoms with Crippen molar-refractivity contribution in [3.63, 3.8) is 0 Å². The Bertz CT molecular complexity index is 665. The molecule has 2 rings (SSSR count). The van der Waals surface area contributed by atoms with Crippen molar-refractivity contribution in [1.29, 1.82) is 0 Å². The topological polar surface area (TPSA) is 47.6 Å².